The number of amides is 1. The maximum absolute atomic E-state index is 12.6. The Morgan fingerprint density at radius 2 is 2.18 bits per heavy atom. The van der Waals surface area contributed by atoms with Crippen molar-refractivity contribution in [2.75, 3.05) is 5.32 Å². The number of oxazole rings is 1. The fourth-order valence-electron chi connectivity index (χ4n) is 3.28. The highest BCUT2D eigenvalue weighted by Gasteiger charge is 2.17. The molecule has 0 atom stereocenters. The van der Waals surface area contributed by atoms with Crippen LogP contribution in [0, 0.1) is 6.92 Å². The monoisotopic (exact) mass is 463 g/mol. The highest BCUT2D eigenvalue weighted by atomic mass is 35.5. The van der Waals surface area contributed by atoms with E-state index in [1.165, 1.54) is 6.26 Å². The highest BCUT2D eigenvalue weighted by Crippen LogP contribution is 2.24. The first kappa shape index (κ1) is 20.6. The van der Waals surface area contributed by atoms with Gasteiger partial charge in [-0.3, -0.25) is 14.6 Å². The number of nitrogens with zero attached hydrogens (tertiary/aromatic N) is 6. The van der Waals surface area contributed by atoms with Crippen LogP contribution in [0.25, 0.3) is 22.3 Å². The van der Waals surface area contributed by atoms with Gasteiger partial charge in [-0.2, -0.15) is 10.2 Å². The van der Waals surface area contributed by atoms with E-state index < -0.39 is 5.91 Å². The van der Waals surface area contributed by atoms with Crippen molar-refractivity contribution >= 4 is 40.2 Å². The molecule has 0 radical (unpaired) electrons. The van der Waals surface area contributed by atoms with Gasteiger partial charge < -0.3 is 15.1 Å². The van der Waals surface area contributed by atoms with E-state index in [-0.39, 0.29) is 12.4 Å². The zero-order valence-corrected chi connectivity index (χ0v) is 18.4. The minimum Gasteiger partial charge on any atom is -0.440 e. The lowest BCUT2D eigenvalue weighted by atomic mass is 10.1. The van der Waals surface area contributed by atoms with Crippen LogP contribution < -0.4 is 10.6 Å². The Kier molecular flexibility index (Phi) is 5.23. The number of anilines is 2. The van der Waals surface area contributed by atoms with E-state index in [1.807, 2.05) is 13.0 Å². The van der Waals surface area contributed by atoms with Crippen molar-refractivity contribution in [1.82, 2.24) is 40.2 Å². The molecule has 11 nitrogen and oxygen atoms in total. The molecule has 1 aromatic carbocycles. The Morgan fingerprint density at radius 3 is 3.00 bits per heavy atom. The van der Waals surface area contributed by atoms with Crippen LogP contribution in [-0.4, -0.2) is 40.8 Å². The van der Waals surface area contributed by atoms with Gasteiger partial charge in [-0.1, -0.05) is 11.6 Å². The molecule has 0 aliphatic carbocycles. The van der Waals surface area contributed by atoms with Crippen LogP contribution in [0.15, 0.2) is 47.5 Å². The topological polar surface area (TPSA) is 139 Å². The summed E-state index contributed by atoms with van der Waals surface area (Å²) < 4.78 is 7.07. The molecule has 0 aliphatic heterocycles. The molecule has 0 saturated heterocycles. The van der Waals surface area contributed by atoms with Crippen molar-refractivity contribution in [2.45, 2.75) is 13.5 Å². The number of benzene rings is 1. The standard InChI is InChI=1S/C21H18ClN9O2/c1-11-7-24-21(28-17-3-4-26-31(17)2)29-18(11)16-10-33-20(27-16)19(32)23-8-12-5-14(22)13-9-25-30-15(13)6-12/h3-7,9-10H,8H2,1-2H3,(H,23,32)(H,25,30)(H,24,28,29). The van der Waals surface area contributed by atoms with Crippen molar-refractivity contribution in [3.63, 3.8) is 0 Å². The number of aromatic amines is 1. The fraction of sp³-hybridized carbons (Fsp3) is 0.143. The van der Waals surface area contributed by atoms with Gasteiger partial charge in [-0.15, -0.1) is 0 Å². The molecular weight excluding hydrogens is 446 g/mol. The van der Waals surface area contributed by atoms with Crippen LogP contribution in [0.3, 0.4) is 0 Å². The normalized spacial score (nSPS) is 11.1. The third kappa shape index (κ3) is 4.13. The van der Waals surface area contributed by atoms with Gasteiger partial charge >= 0.3 is 5.91 Å². The molecule has 0 aliphatic rings. The minimum atomic E-state index is -0.459. The zero-order chi connectivity index (χ0) is 22.9. The molecule has 5 rings (SSSR count). The highest BCUT2D eigenvalue weighted by molar-refractivity contribution is 6.35. The van der Waals surface area contributed by atoms with E-state index in [4.69, 9.17) is 16.0 Å². The molecule has 0 unspecified atom stereocenters. The summed E-state index contributed by atoms with van der Waals surface area (Å²) in [4.78, 5) is 25.7. The van der Waals surface area contributed by atoms with Crippen molar-refractivity contribution in [1.29, 1.82) is 0 Å². The number of H-pyrrole nitrogens is 1. The average Bonchev–Trinajstić information content (AvgIpc) is 3.55. The van der Waals surface area contributed by atoms with E-state index in [9.17, 15) is 4.79 Å². The maximum atomic E-state index is 12.6. The van der Waals surface area contributed by atoms with E-state index in [0.717, 1.165) is 27.8 Å². The second kappa shape index (κ2) is 8.36. The largest absolute Gasteiger partial charge is 0.440 e. The number of carbonyl (C=O) groups excluding carboxylic acids is 1. The number of halogens is 1. The Morgan fingerprint density at radius 1 is 1.30 bits per heavy atom. The minimum absolute atomic E-state index is 0.0731. The number of aromatic nitrogens is 7. The van der Waals surface area contributed by atoms with Crippen molar-refractivity contribution in [2.24, 2.45) is 7.05 Å². The van der Waals surface area contributed by atoms with Crippen LogP contribution in [0.1, 0.15) is 21.8 Å². The average molecular weight is 464 g/mol. The molecule has 0 bridgehead atoms. The number of rotatable bonds is 6. The van der Waals surface area contributed by atoms with Crippen LogP contribution in [0.5, 0.6) is 0 Å². The van der Waals surface area contributed by atoms with Gasteiger partial charge in [-0.25, -0.2) is 15.0 Å². The molecule has 0 spiro atoms. The molecule has 166 valence electrons. The summed E-state index contributed by atoms with van der Waals surface area (Å²) in [5.41, 5.74) is 3.28. The van der Waals surface area contributed by atoms with E-state index >= 15 is 0 Å². The van der Waals surface area contributed by atoms with Crippen LogP contribution in [0.2, 0.25) is 5.02 Å². The summed E-state index contributed by atoms with van der Waals surface area (Å²) in [5.74, 6) is 0.576. The first-order chi connectivity index (χ1) is 16.0. The number of hydrogen-bond donors (Lipinski definition) is 3. The summed E-state index contributed by atoms with van der Waals surface area (Å²) in [7, 11) is 1.81. The van der Waals surface area contributed by atoms with Gasteiger partial charge in [-0.05, 0) is 30.2 Å². The summed E-state index contributed by atoms with van der Waals surface area (Å²) in [6.07, 6.45) is 6.46. The molecule has 1 amide bonds. The molecule has 5 aromatic rings. The summed E-state index contributed by atoms with van der Waals surface area (Å²) in [5, 5.41) is 18.3. The molecule has 12 heteroatoms. The Balaban J connectivity index is 1.31. The second-order valence-corrected chi connectivity index (χ2v) is 7.71. The smallest absolute Gasteiger partial charge is 0.307 e. The van der Waals surface area contributed by atoms with E-state index in [1.54, 1.807) is 42.5 Å². The lowest BCUT2D eigenvalue weighted by Crippen LogP contribution is -2.23. The number of aryl methyl sites for hydroxylation is 2. The van der Waals surface area contributed by atoms with Crippen molar-refractivity contribution < 1.29 is 9.21 Å². The summed E-state index contributed by atoms with van der Waals surface area (Å²) in [6, 6.07) is 5.43. The Bertz CT molecular complexity index is 1470. The van der Waals surface area contributed by atoms with Gasteiger partial charge in [0.25, 0.3) is 5.89 Å². The molecule has 33 heavy (non-hydrogen) atoms. The van der Waals surface area contributed by atoms with Crippen LogP contribution >= 0.6 is 11.6 Å². The van der Waals surface area contributed by atoms with Gasteiger partial charge in [0.2, 0.25) is 5.95 Å². The quantitative estimate of drug-likeness (QED) is 0.348. The van der Waals surface area contributed by atoms with Crippen LogP contribution in [0.4, 0.5) is 11.8 Å². The zero-order valence-electron chi connectivity index (χ0n) is 17.6. The first-order valence-corrected chi connectivity index (χ1v) is 10.3. The number of fused-ring (bicyclic) bond motifs is 1. The lowest BCUT2D eigenvalue weighted by molar-refractivity contribution is 0.0916. The third-order valence-electron chi connectivity index (χ3n) is 4.99. The van der Waals surface area contributed by atoms with Crippen molar-refractivity contribution in [3.8, 4) is 11.4 Å². The van der Waals surface area contributed by atoms with Gasteiger partial charge in [0.15, 0.2) is 0 Å². The molecule has 0 saturated carbocycles. The molecule has 3 N–H and O–H groups in total. The number of carbonyl (C=O) groups is 1. The van der Waals surface area contributed by atoms with Gasteiger partial charge in [0.05, 0.1) is 16.7 Å². The van der Waals surface area contributed by atoms with Crippen LogP contribution in [-0.2, 0) is 13.6 Å². The fourth-order valence-corrected chi connectivity index (χ4v) is 3.57. The third-order valence-corrected chi connectivity index (χ3v) is 5.30. The lowest BCUT2D eigenvalue weighted by Gasteiger charge is -2.07. The van der Waals surface area contributed by atoms with E-state index in [2.05, 4.69) is 40.9 Å². The SMILES string of the molecule is Cc1cnc(Nc2ccnn2C)nc1-c1coc(C(=O)NCc2cc(Cl)c3c[nH]nc3c2)n1. The van der Waals surface area contributed by atoms with Crippen molar-refractivity contribution in [3.05, 3.63) is 65.1 Å². The predicted octanol–water partition coefficient (Wildman–Crippen LogP) is 3.38. The maximum Gasteiger partial charge on any atom is 0.307 e. The molecule has 4 heterocycles. The Hall–Kier alpha value is -4.25. The molecular formula is C21H18ClN9O2. The second-order valence-electron chi connectivity index (χ2n) is 7.31. The first-order valence-electron chi connectivity index (χ1n) is 9.92. The number of nitrogens with one attached hydrogen (secondary N) is 3. The summed E-state index contributed by atoms with van der Waals surface area (Å²) in [6.45, 7) is 2.09. The summed E-state index contributed by atoms with van der Waals surface area (Å²) >= 11 is 6.26. The molecule has 0 fully saturated rings. The van der Waals surface area contributed by atoms with E-state index in [0.29, 0.717) is 22.4 Å². The van der Waals surface area contributed by atoms with Gasteiger partial charge in [0.1, 0.15) is 23.5 Å². The van der Waals surface area contributed by atoms with Gasteiger partial charge in [0, 0.05) is 37.4 Å². The predicted molar refractivity (Wildman–Crippen MR) is 121 cm³/mol. The Labute approximate surface area is 192 Å². The number of hydrogen-bond acceptors (Lipinski definition) is 8. The molecule has 4 aromatic heterocycles.